The number of nitrogens with zero attached hydrogens (tertiary/aromatic N) is 2. The predicted octanol–water partition coefficient (Wildman–Crippen LogP) is 5.00. The highest BCUT2D eigenvalue weighted by molar-refractivity contribution is 6.38. The van der Waals surface area contributed by atoms with E-state index in [0.29, 0.717) is 22.6 Å². The van der Waals surface area contributed by atoms with Crippen LogP contribution in [0.5, 0.6) is 0 Å². The summed E-state index contributed by atoms with van der Waals surface area (Å²) in [4.78, 5) is 15.8. The van der Waals surface area contributed by atoms with Crippen molar-refractivity contribution in [2.24, 2.45) is 4.99 Å². The van der Waals surface area contributed by atoms with Crippen LogP contribution >= 0.6 is 23.2 Å². The number of carboxylic acids is 1. The zero-order valence-corrected chi connectivity index (χ0v) is 14.2. The van der Waals surface area contributed by atoms with Crippen LogP contribution < -0.4 is 0 Å². The van der Waals surface area contributed by atoms with Gasteiger partial charge in [-0.3, -0.25) is 4.99 Å². The minimum absolute atomic E-state index is 0.0200. The summed E-state index contributed by atoms with van der Waals surface area (Å²) >= 11 is 12.4. The lowest BCUT2D eigenvalue weighted by atomic mass is 9.93. The van der Waals surface area contributed by atoms with E-state index in [2.05, 4.69) is 11.1 Å². The average Bonchev–Trinajstić information content (AvgIpc) is 2.86. The second kappa shape index (κ2) is 6.27. The van der Waals surface area contributed by atoms with E-state index in [1.165, 1.54) is 12.1 Å². The summed E-state index contributed by atoms with van der Waals surface area (Å²) in [6.45, 7) is 2.01. The maximum absolute atomic E-state index is 11.2. The zero-order valence-electron chi connectivity index (χ0n) is 12.7. The number of aromatic carboxylic acids is 1. The van der Waals surface area contributed by atoms with E-state index in [1.807, 2.05) is 13.0 Å². The molecule has 1 aliphatic rings. The monoisotopic (exact) mass is 358 g/mol. The van der Waals surface area contributed by atoms with Crippen LogP contribution in [0.15, 0.2) is 35.3 Å². The van der Waals surface area contributed by atoms with Crippen LogP contribution in [-0.4, -0.2) is 16.8 Å². The molecule has 3 rings (SSSR count). The predicted molar refractivity (Wildman–Crippen MR) is 93.8 cm³/mol. The van der Waals surface area contributed by atoms with E-state index in [-0.39, 0.29) is 16.5 Å². The van der Waals surface area contributed by atoms with E-state index in [0.717, 1.165) is 17.0 Å². The summed E-state index contributed by atoms with van der Waals surface area (Å²) in [5, 5.41) is 18.8. The van der Waals surface area contributed by atoms with Crippen LogP contribution in [0.4, 0.5) is 5.69 Å². The number of benzene rings is 2. The van der Waals surface area contributed by atoms with Crippen LogP contribution in [0, 0.1) is 11.3 Å². The minimum Gasteiger partial charge on any atom is -0.478 e. The van der Waals surface area contributed by atoms with Gasteiger partial charge in [0.2, 0.25) is 0 Å². The average molecular weight is 359 g/mol. The van der Waals surface area contributed by atoms with Crippen molar-refractivity contribution in [3.63, 3.8) is 0 Å². The SMILES string of the molecule is CC1C(Cc2c(Cl)ccc(C(=O)O)c2Cl)=Nc2cc(C#N)ccc21. The van der Waals surface area contributed by atoms with Crippen molar-refractivity contribution in [2.45, 2.75) is 19.3 Å². The summed E-state index contributed by atoms with van der Waals surface area (Å²) in [6, 6.07) is 10.4. The van der Waals surface area contributed by atoms with Gasteiger partial charge in [-0.05, 0) is 35.4 Å². The maximum Gasteiger partial charge on any atom is 0.337 e. The Kier molecular flexibility index (Phi) is 4.31. The zero-order chi connectivity index (χ0) is 17.4. The number of fused-ring (bicyclic) bond motifs is 1. The molecule has 6 heteroatoms. The van der Waals surface area contributed by atoms with Gasteiger partial charge in [-0.1, -0.05) is 36.2 Å². The molecule has 1 atom stereocenters. The van der Waals surface area contributed by atoms with Gasteiger partial charge in [-0.15, -0.1) is 0 Å². The van der Waals surface area contributed by atoms with E-state index in [1.54, 1.807) is 12.1 Å². The molecule has 4 nitrogen and oxygen atoms in total. The van der Waals surface area contributed by atoms with Crippen LogP contribution in [0.3, 0.4) is 0 Å². The van der Waals surface area contributed by atoms with E-state index in [4.69, 9.17) is 28.5 Å². The molecule has 0 saturated heterocycles. The number of carboxylic acid groups (broad SMARTS) is 1. The first-order chi connectivity index (χ1) is 11.4. The van der Waals surface area contributed by atoms with Gasteiger partial charge < -0.3 is 5.11 Å². The van der Waals surface area contributed by atoms with Gasteiger partial charge in [-0.2, -0.15) is 5.26 Å². The molecule has 0 saturated carbocycles. The third-order valence-corrected chi connectivity index (χ3v) is 4.95. The number of carbonyl (C=O) groups is 1. The Balaban J connectivity index is 2.00. The van der Waals surface area contributed by atoms with Gasteiger partial charge in [0.15, 0.2) is 0 Å². The van der Waals surface area contributed by atoms with E-state index in [9.17, 15) is 9.90 Å². The molecule has 0 amide bonds. The molecule has 24 heavy (non-hydrogen) atoms. The maximum atomic E-state index is 11.2. The lowest BCUT2D eigenvalue weighted by Gasteiger charge is -2.12. The largest absolute Gasteiger partial charge is 0.478 e. The third kappa shape index (κ3) is 2.77. The molecule has 0 aromatic heterocycles. The summed E-state index contributed by atoms with van der Waals surface area (Å²) in [7, 11) is 0. The number of hydrogen-bond donors (Lipinski definition) is 1. The molecule has 1 N–H and O–H groups in total. The molecule has 0 bridgehead atoms. The Morgan fingerprint density at radius 3 is 2.75 bits per heavy atom. The lowest BCUT2D eigenvalue weighted by Crippen LogP contribution is -2.10. The van der Waals surface area contributed by atoms with Crippen molar-refractivity contribution in [3.8, 4) is 6.07 Å². The standard InChI is InChI=1S/C18H12Cl2N2O2/c1-9-11-3-2-10(8-21)6-16(11)22-15(9)7-13-14(19)5-4-12(17(13)20)18(23)24/h2-6,9H,7H2,1H3,(H,23,24). The van der Waals surface area contributed by atoms with Gasteiger partial charge in [0.25, 0.3) is 0 Å². The summed E-state index contributed by atoms with van der Waals surface area (Å²) in [6.07, 6.45) is 0.358. The Labute approximate surface area is 149 Å². The quantitative estimate of drug-likeness (QED) is 0.838. The summed E-state index contributed by atoms with van der Waals surface area (Å²) in [5.41, 5.74) is 3.76. The lowest BCUT2D eigenvalue weighted by molar-refractivity contribution is 0.0697. The molecule has 1 unspecified atom stereocenters. The van der Waals surface area contributed by atoms with Gasteiger partial charge >= 0.3 is 5.97 Å². The molecular formula is C18H12Cl2N2O2. The summed E-state index contributed by atoms with van der Waals surface area (Å²) in [5.74, 6) is -1.05. The third-order valence-electron chi connectivity index (χ3n) is 4.16. The van der Waals surface area contributed by atoms with E-state index < -0.39 is 5.97 Å². The fourth-order valence-electron chi connectivity index (χ4n) is 2.81. The van der Waals surface area contributed by atoms with Gasteiger partial charge in [0.1, 0.15) is 0 Å². The topological polar surface area (TPSA) is 73.4 Å². The number of nitriles is 1. The fraction of sp³-hybridized carbons (Fsp3) is 0.167. The fourth-order valence-corrected chi connectivity index (χ4v) is 3.39. The first kappa shape index (κ1) is 16.5. The van der Waals surface area contributed by atoms with Gasteiger partial charge in [0, 0.05) is 23.1 Å². The van der Waals surface area contributed by atoms with Crippen molar-refractivity contribution in [2.75, 3.05) is 0 Å². The molecule has 0 spiro atoms. The Morgan fingerprint density at radius 2 is 2.08 bits per heavy atom. The smallest absolute Gasteiger partial charge is 0.337 e. The first-order valence-corrected chi connectivity index (χ1v) is 7.99. The number of aliphatic imine (C=N–C) groups is 1. The Hall–Kier alpha value is -2.35. The molecule has 0 fully saturated rings. The number of hydrogen-bond acceptors (Lipinski definition) is 3. The first-order valence-electron chi connectivity index (χ1n) is 7.24. The van der Waals surface area contributed by atoms with Crippen molar-refractivity contribution in [1.82, 2.24) is 0 Å². The molecular weight excluding hydrogens is 347 g/mol. The van der Waals surface area contributed by atoms with Crippen LogP contribution in [0.2, 0.25) is 10.0 Å². The molecule has 1 heterocycles. The molecule has 120 valence electrons. The molecule has 2 aromatic carbocycles. The highest BCUT2D eigenvalue weighted by Gasteiger charge is 2.26. The summed E-state index contributed by atoms with van der Waals surface area (Å²) < 4.78 is 0. The Bertz CT molecular complexity index is 929. The highest BCUT2D eigenvalue weighted by Crippen LogP contribution is 2.38. The van der Waals surface area contributed by atoms with Gasteiger partial charge in [0.05, 0.1) is 27.9 Å². The molecule has 0 aliphatic carbocycles. The number of halogens is 2. The Morgan fingerprint density at radius 1 is 1.33 bits per heavy atom. The van der Waals surface area contributed by atoms with Crippen LogP contribution in [0.1, 0.15) is 39.9 Å². The van der Waals surface area contributed by atoms with Crippen LogP contribution in [-0.2, 0) is 6.42 Å². The minimum atomic E-state index is -1.10. The number of rotatable bonds is 3. The molecule has 2 aromatic rings. The van der Waals surface area contributed by atoms with Crippen molar-refractivity contribution in [3.05, 3.63) is 62.6 Å². The van der Waals surface area contributed by atoms with Crippen molar-refractivity contribution in [1.29, 1.82) is 5.26 Å². The second-order valence-corrected chi connectivity index (χ2v) is 6.36. The normalized spacial score (nSPS) is 15.6. The highest BCUT2D eigenvalue weighted by atomic mass is 35.5. The molecule has 1 aliphatic heterocycles. The second-order valence-electron chi connectivity index (χ2n) is 5.58. The molecule has 0 radical (unpaired) electrons. The van der Waals surface area contributed by atoms with Crippen molar-refractivity contribution >= 4 is 40.6 Å². The van der Waals surface area contributed by atoms with Crippen LogP contribution in [0.25, 0.3) is 0 Å². The van der Waals surface area contributed by atoms with E-state index >= 15 is 0 Å². The van der Waals surface area contributed by atoms with Crippen molar-refractivity contribution < 1.29 is 9.90 Å². The van der Waals surface area contributed by atoms with Gasteiger partial charge in [-0.25, -0.2) is 4.79 Å².